The SMILES string of the molecule is CN(Cc1ccnc(NC(=O)Nc2cccc3c2C2CCCCN2C3=O)c1)Cc1cn(CCNc2c3c(nc4ccccc24)CCCC3)nn1. The third kappa shape index (κ3) is 6.50. The number of carbonyl (C=O) groups is 2. The van der Waals surface area contributed by atoms with Gasteiger partial charge in [0.15, 0.2) is 0 Å². The second-order valence-electron chi connectivity index (χ2n) is 13.6. The molecule has 1 fully saturated rings. The maximum atomic E-state index is 13.1. The lowest BCUT2D eigenvalue weighted by Crippen LogP contribution is -2.32. The van der Waals surface area contributed by atoms with E-state index in [-0.39, 0.29) is 18.0 Å². The smallest absolute Gasteiger partial charge is 0.324 e. The van der Waals surface area contributed by atoms with Crippen molar-refractivity contribution < 1.29 is 9.59 Å². The molecule has 1 aliphatic carbocycles. The van der Waals surface area contributed by atoms with E-state index in [1.807, 2.05) is 53.2 Å². The average Bonchev–Trinajstić information content (AvgIpc) is 3.69. The summed E-state index contributed by atoms with van der Waals surface area (Å²) >= 11 is 0. The Morgan fingerprint density at radius 1 is 1.00 bits per heavy atom. The van der Waals surface area contributed by atoms with Crippen molar-refractivity contribution in [1.29, 1.82) is 0 Å². The predicted molar refractivity (Wildman–Crippen MR) is 193 cm³/mol. The van der Waals surface area contributed by atoms with Gasteiger partial charge in [-0.3, -0.25) is 24.7 Å². The fourth-order valence-electron chi connectivity index (χ4n) is 7.79. The monoisotopic (exact) mass is 670 g/mol. The van der Waals surface area contributed by atoms with E-state index < -0.39 is 0 Å². The average molecular weight is 671 g/mol. The number of para-hydroxylation sites is 1. The lowest BCUT2D eigenvalue weighted by atomic mass is 9.92. The number of benzene rings is 2. The van der Waals surface area contributed by atoms with Crippen molar-refractivity contribution in [3.05, 3.63) is 101 Å². The van der Waals surface area contributed by atoms with Crippen LogP contribution in [0.15, 0.2) is 67.0 Å². The molecule has 3 N–H and O–H groups in total. The van der Waals surface area contributed by atoms with Gasteiger partial charge in [-0.05, 0) is 93.5 Å². The molecule has 3 amide bonds. The van der Waals surface area contributed by atoms with E-state index >= 15 is 0 Å². The summed E-state index contributed by atoms with van der Waals surface area (Å²) in [5, 5.41) is 19.6. The highest BCUT2D eigenvalue weighted by Crippen LogP contribution is 2.43. The second-order valence-corrected chi connectivity index (χ2v) is 13.6. The van der Waals surface area contributed by atoms with Crippen LogP contribution in [-0.2, 0) is 32.5 Å². The highest BCUT2D eigenvalue weighted by molar-refractivity contribution is 6.05. The number of anilines is 3. The maximum absolute atomic E-state index is 13.1. The zero-order valence-corrected chi connectivity index (χ0v) is 28.4. The Labute approximate surface area is 291 Å². The molecular formula is C38H42N10O2. The first-order valence-electron chi connectivity index (χ1n) is 17.7. The number of pyridine rings is 2. The molecule has 5 heterocycles. The fourth-order valence-corrected chi connectivity index (χ4v) is 7.79. The van der Waals surface area contributed by atoms with Gasteiger partial charge in [0.1, 0.15) is 5.82 Å². The molecule has 1 saturated heterocycles. The van der Waals surface area contributed by atoms with Crippen LogP contribution in [0.25, 0.3) is 10.9 Å². The molecule has 256 valence electrons. The van der Waals surface area contributed by atoms with Crippen LogP contribution in [0.5, 0.6) is 0 Å². The van der Waals surface area contributed by atoms with E-state index in [1.54, 1.807) is 6.20 Å². The molecule has 3 aliphatic rings. The molecule has 5 aromatic rings. The number of rotatable bonds is 10. The number of aryl methyl sites for hydroxylation is 1. The number of aromatic nitrogens is 5. The number of nitrogens with one attached hydrogen (secondary N) is 3. The number of hydrogen-bond donors (Lipinski definition) is 3. The van der Waals surface area contributed by atoms with Gasteiger partial charge < -0.3 is 15.5 Å². The lowest BCUT2D eigenvalue weighted by molar-refractivity contribution is 0.0672. The van der Waals surface area contributed by atoms with Gasteiger partial charge in [0, 0.05) is 72.2 Å². The summed E-state index contributed by atoms with van der Waals surface area (Å²) in [5.74, 6) is 0.512. The fraction of sp³-hybridized carbons (Fsp3) is 0.368. The molecule has 8 rings (SSSR count). The number of urea groups is 1. The summed E-state index contributed by atoms with van der Waals surface area (Å²) in [5.41, 5.74) is 9.02. The van der Waals surface area contributed by atoms with Crippen molar-refractivity contribution in [3.8, 4) is 0 Å². The number of piperidine rings is 1. The van der Waals surface area contributed by atoms with Gasteiger partial charge in [0.25, 0.3) is 5.91 Å². The summed E-state index contributed by atoms with van der Waals surface area (Å²) in [4.78, 5) is 39.4. The maximum Gasteiger partial charge on any atom is 0.324 e. The Kier molecular flexibility index (Phi) is 8.84. The molecule has 3 aromatic heterocycles. The van der Waals surface area contributed by atoms with Crippen molar-refractivity contribution in [2.24, 2.45) is 0 Å². The van der Waals surface area contributed by atoms with E-state index in [4.69, 9.17) is 4.98 Å². The van der Waals surface area contributed by atoms with Gasteiger partial charge in [0.05, 0.1) is 23.8 Å². The Hall–Kier alpha value is -5.36. The minimum absolute atomic E-state index is 0.0241. The minimum atomic E-state index is -0.388. The molecule has 0 spiro atoms. The van der Waals surface area contributed by atoms with E-state index in [0.717, 1.165) is 67.5 Å². The summed E-state index contributed by atoms with van der Waals surface area (Å²) in [6, 6.07) is 17.4. The molecular weight excluding hydrogens is 628 g/mol. The van der Waals surface area contributed by atoms with Gasteiger partial charge in [0.2, 0.25) is 0 Å². The number of nitrogens with zero attached hydrogens (tertiary/aromatic N) is 7. The van der Waals surface area contributed by atoms with Gasteiger partial charge in [-0.1, -0.05) is 29.5 Å². The van der Waals surface area contributed by atoms with Crippen molar-refractivity contribution in [1.82, 2.24) is 34.8 Å². The van der Waals surface area contributed by atoms with Crippen LogP contribution >= 0.6 is 0 Å². The van der Waals surface area contributed by atoms with Gasteiger partial charge in [-0.25, -0.2) is 9.78 Å². The molecule has 1 atom stereocenters. The molecule has 50 heavy (non-hydrogen) atoms. The number of carbonyl (C=O) groups excluding carboxylic acids is 2. The Morgan fingerprint density at radius 3 is 2.84 bits per heavy atom. The minimum Gasteiger partial charge on any atom is -0.382 e. The van der Waals surface area contributed by atoms with Gasteiger partial charge >= 0.3 is 6.03 Å². The molecule has 0 radical (unpaired) electrons. The normalized spacial score (nSPS) is 16.6. The van der Waals surface area contributed by atoms with Crippen LogP contribution < -0.4 is 16.0 Å². The Morgan fingerprint density at radius 2 is 1.90 bits per heavy atom. The van der Waals surface area contributed by atoms with Gasteiger partial charge in [-0.2, -0.15) is 0 Å². The van der Waals surface area contributed by atoms with Crippen molar-refractivity contribution in [2.45, 2.75) is 70.6 Å². The molecule has 0 saturated carbocycles. The zero-order valence-electron chi connectivity index (χ0n) is 28.4. The first-order valence-corrected chi connectivity index (χ1v) is 17.7. The summed E-state index contributed by atoms with van der Waals surface area (Å²) < 4.78 is 1.89. The van der Waals surface area contributed by atoms with Crippen LogP contribution in [0, 0.1) is 0 Å². The summed E-state index contributed by atoms with van der Waals surface area (Å²) in [6.45, 7) is 3.46. The van der Waals surface area contributed by atoms with Crippen LogP contribution in [-0.4, -0.2) is 66.8 Å². The van der Waals surface area contributed by atoms with Crippen molar-refractivity contribution >= 4 is 40.0 Å². The largest absolute Gasteiger partial charge is 0.382 e. The van der Waals surface area contributed by atoms with E-state index in [0.29, 0.717) is 36.7 Å². The summed E-state index contributed by atoms with van der Waals surface area (Å²) in [6.07, 6.45) is 11.2. The van der Waals surface area contributed by atoms with Gasteiger partial charge in [-0.15, -0.1) is 5.10 Å². The molecule has 1 unspecified atom stereocenters. The highest BCUT2D eigenvalue weighted by Gasteiger charge is 2.39. The van der Waals surface area contributed by atoms with E-state index in [1.165, 1.54) is 35.2 Å². The standard InChI is InChI=1S/C38H42N10O2/c1-46(23-26-24-47(45-44-26)20-18-40-36-27-9-2-4-12-30(27)41-31-13-5-3-10-28(31)36)22-25-16-17-39-34(21-25)43-38(50)42-32-14-8-11-29-35(32)33-15-6-7-19-48(33)37(29)49/h2,4,8-9,11-12,14,16-17,21,24,33H,3,5-7,10,13,15,18-20,22-23H2,1H3,(H,40,41)(H2,39,42,43,50). The van der Waals surface area contributed by atoms with Crippen LogP contribution in [0.1, 0.15) is 76.6 Å². The first kappa shape index (κ1) is 31.9. The number of amides is 3. The topological polar surface area (TPSA) is 133 Å². The Balaban J connectivity index is 0.851. The van der Waals surface area contributed by atoms with E-state index in [2.05, 4.69) is 60.4 Å². The molecule has 2 aromatic carbocycles. The predicted octanol–water partition coefficient (Wildman–Crippen LogP) is 6.17. The molecule has 12 nitrogen and oxygen atoms in total. The highest BCUT2D eigenvalue weighted by atomic mass is 16.2. The quantitative estimate of drug-likeness (QED) is 0.161. The van der Waals surface area contributed by atoms with Crippen molar-refractivity contribution in [2.75, 3.05) is 36.1 Å². The molecule has 0 bridgehead atoms. The summed E-state index contributed by atoms with van der Waals surface area (Å²) in [7, 11) is 2.03. The second kappa shape index (κ2) is 13.9. The number of fused-ring (bicyclic) bond motifs is 5. The van der Waals surface area contributed by atoms with E-state index in [9.17, 15) is 9.59 Å². The zero-order chi connectivity index (χ0) is 34.0. The third-order valence-electron chi connectivity index (χ3n) is 10.0. The van der Waals surface area contributed by atoms with Crippen LogP contribution in [0.4, 0.5) is 22.0 Å². The molecule has 12 heteroatoms. The number of hydrogen-bond acceptors (Lipinski definition) is 8. The Bertz CT molecular complexity index is 2060. The van der Waals surface area contributed by atoms with Crippen LogP contribution in [0.3, 0.4) is 0 Å². The lowest BCUT2D eigenvalue weighted by Gasteiger charge is -2.30. The van der Waals surface area contributed by atoms with Crippen molar-refractivity contribution in [3.63, 3.8) is 0 Å². The first-order chi connectivity index (χ1) is 24.5. The third-order valence-corrected chi connectivity index (χ3v) is 10.0. The molecule has 2 aliphatic heterocycles. The van der Waals surface area contributed by atoms with Crippen LogP contribution in [0.2, 0.25) is 0 Å².